The van der Waals surface area contributed by atoms with E-state index in [9.17, 15) is 9.18 Å². The number of carbonyl (C=O) groups excluding carboxylic acids is 1. The zero-order valence-electron chi connectivity index (χ0n) is 18.0. The SMILES string of the molecule is CCc1ccc(NC(=O)CSc2ccc(N3CCN(c4ccc(F)cc4)CC3)nn2)cc1. The summed E-state index contributed by atoms with van der Waals surface area (Å²) in [4.78, 5) is 16.6. The van der Waals surface area contributed by atoms with E-state index >= 15 is 0 Å². The molecule has 0 atom stereocenters. The van der Waals surface area contributed by atoms with E-state index in [0.717, 1.165) is 54.8 Å². The maximum atomic E-state index is 13.1. The number of aromatic nitrogens is 2. The van der Waals surface area contributed by atoms with Crippen molar-refractivity contribution < 1.29 is 9.18 Å². The number of aryl methyl sites for hydroxylation is 1. The molecule has 32 heavy (non-hydrogen) atoms. The summed E-state index contributed by atoms with van der Waals surface area (Å²) in [6.45, 7) is 5.41. The molecule has 1 fully saturated rings. The molecule has 1 N–H and O–H groups in total. The molecule has 1 aliphatic heterocycles. The maximum Gasteiger partial charge on any atom is 0.234 e. The molecule has 3 aromatic rings. The van der Waals surface area contributed by atoms with Crippen LogP contribution in [0.1, 0.15) is 12.5 Å². The Morgan fingerprint density at radius 1 is 0.938 bits per heavy atom. The van der Waals surface area contributed by atoms with Crippen LogP contribution < -0.4 is 15.1 Å². The van der Waals surface area contributed by atoms with E-state index in [1.54, 1.807) is 0 Å². The highest BCUT2D eigenvalue weighted by Gasteiger charge is 2.19. The summed E-state index contributed by atoms with van der Waals surface area (Å²) < 4.78 is 13.1. The van der Waals surface area contributed by atoms with Crippen molar-refractivity contribution in [1.82, 2.24) is 10.2 Å². The summed E-state index contributed by atoms with van der Waals surface area (Å²) in [6.07, 6.45) is 0.975. The van der Waals surface area contributed by atoms with Gasteiger partial charge in [-0.15, -0.1) is 10.2 Å². The van der Waals surface area contributed by atoms with Crippen molar-refractivity contribution in [2.75, 3.05) is 47.0 Å². The molecule has 1 amide bonds. The maximum absolute atomic E-state index is 13.1. The average Bonchev–Trinajstić information content (AvgIpc) is 2.84. The number of thioether (sulfide) groups is 1. The Bertz CT molecular complexity index is 1020. The Morgan fingerprint density at radius 2 is 1.62 bits per heavy atom. The van der Waals surface area contributed by atoms with Crippen molar-refractivity contribution in [3.05, 3.63) is 72.0 Å². The smallest absolute Gasteiger partial charge is 0.234 e. The Kier molecular flexibility index (Phi) is 7.21. The lowest BCUT2D eigenvalue weighted by Crippen LogP contribution is -2.46. The Hall–Kier alpha value is -3.13. The van der Waals surface area contributed by atoms with Crippen molar-refractivity contribution in [2.45, 2.75) is 18.4 Å². The molecular weight excluding hydrogens is 425 g/mol. The minimum Gasteiger partial charge on any atom is -0.368 e. The molecule has 1 aliphatic rings. The number of halogens is 1. The molecule has 1 saturated heterocycles. The molecule has 0 bridgehead atoms. The highest BCUT2D eigenvalue weighted by molar-refractivity contribution is 7.99. The lowest BCUT2D eigenvalue weighted by atomic mass is 10.1. The molecule has 2 heterocycles. The minimum absolute atomic E-state index is 0.0676. The second-order valence-electron chi connectivity index (χ2n) is 7.57. The van der Waals surface area contributed by atoms with Gasteiger partial charge in [0.25, 0.3) is 0 Å². The van der Waals surface area contributed by atoms with Crippen molar-refractivity contribution in [3.8, 4) is 0 Å². The van der Waals surface area contributed by atoms with Crippen LogP contribution in [0.15, 0.2) is 65.7 Å². The van der Waals surface area contributed by atoms with Gasteiger partial charge in [-0.3, -0.25) is 4.79 Å². The van der Waals surface area contributed by atoms with Crippen LogP contribution in [0.5, 0.6) is 0 Å². The lowest BCUT2D eigenvalue weighted by Gasteiger charge is -2.36. The number of benzene rings is 2. The molecule has 1 aromatic heterocycles. The highest BCUT2D eigenvalue weighted by Crippen LogP contribution is 2.21. The first kappa shape index (κ1) is 22.1. The number of hydrogen-bond acceptors (Lipinski definition) is 6. The van der Waals surface area contributed by atoms with Crippen molar-refractivity contribution in [2.24, 2.45) is 0 Å². The topological polar surface area (TPSA) is 61.4 Å². The largest absolute Gasteiger partial charge is 0.368 e. The van der Waals surface area contributed by atoms with E-state index in [1.807, 2.05) is 48.5 Å². The molecular formula is C24H26FN5OS. The van der Waals surface area contributed by atoms with Gasteiger partial charge in [0.1, 0.15) is 10.8 Å². The first-order valence-electron chi connectivity index (χ1n) is 10.7. The third-order valence-electron chi connectivity index (χ3n) is 5.42. The Labute approximate surface area is 191 Å². The highest BCUT2D eigenvalue weighted by atomic mass is 32.2. The Morgan fingerprint density at radius 3 is 2.25 bits per heavy atom. The third kappa shape index (κ3) is 5.76. The molecule has 4 rings (SSSR count). The fourth-order valence-electron chi connectivity index (χ4n) is 3.56. The molecule has 0 unspecified atom stereocenters. The van der Waals surface area contributed by atoms with Gasteiger partial charge in [-0.2, -0.15) is 0 Å². The average molecular weight is 452 g/mol. The van der Waals surface area contributed by atoms with E-state index < -0.39 is 0 Å². The van der Waals surface area contributed by atoms with Crippen LogP contribution in [0, 0.1) is 5.82 Å². The molecule has 8 heteroatoms. The lowest BCUT2D eigenvalue weighted by molar-refractivity contribution is -0.113. The summed E-state index contributed by atoms with van der Waals surface area (Å²) >= 11 is 1.37. The standard InChI is InChI=1S/C24H26FN5OS/c1-2-18-3-7-20(8-4-18)26-23(31)17-32-24-12-11-22(27-28-24)30-15-13-29(14-16-30)21-9-5-19(25)6-10-21/h3-12H,2,13-17H2,1H3,(H,26,31). The van der Waals surface area contributed by atoms with Gasteiger partial charge in [0.15, 0.2) is 5.82 Å². The van der Waals surface area contributed by atoms with E-state index in [4.69, 9.17) is 0 Å². The summed E-state index contributed by atoms with van der Waals surface area (Å²) in [5.41, 5.74) is 3.07. The van der Waals surface area contributed by atoms with Gasteiger partial charge in [-0.05, 0) is 60.5 Å². The molecule has 166 valence electrons. The summed E-state index contributed by atoms with van der Waals surface area (Å²) in [5.74, 6) is 0.819. The van der Waals surface area contributed by atoms with Gasteiger partial charge < -0.3 is 15.1 Å². The first-order valence-corrected chi connectivity index (χ1v) is 11.7. The molecule has 0 saturated carbocycles. The van der Waals surface area contributed by atoms with Crippen LogP contribution in [0.25, 0.3) is 0 Å². The van der Waals surface area contributed by atoms with Crippen molar-refractivity contribution >= 4 is 34.9 Å². The quantitative estimate of drug-likeness (QED) is 0.543. The van der Waals surface area contributed by atoms with Gasteiger partial charge in [0, 0.05) is 37.6 Å². The number of carbonyl (C=O) groups is 1. The third-order valence-corrected chi connectivity index (χ3v) is 6.34. The molecule has 6 nitrogen and oxygen atoms in total. The van der Waals surface area contributed by atoms with Gasteiger partial charge in [-0.1, -0.05) is 30.8 Å². The minimum atomic E-state index is -0.219. The fourth-order valence-corrected chi connectivity index (χ4v) is 4.18. The van der Waals surface area contributed by atoms with Crippen molar-refractivity contribution in [3.63, 3.8) is 0 Å². The number of piperazine rings is 1. The first-order chi connectivity index (χ1) is 15.6. The van der Waals surface area contributed by atoms with Gasteiger partial charge in [-0.25, -0.2) is 4.39 Å². The van der Waals surface area contributed by atoms with E-state index in [1.165, 1.54) is 29.5 Å². The second kappa shape index (κ2) is 10.5. The molecule has 0 aliphatic carbocycles. The number of amides is 1. The summed E-state index contributed by atoms with van der Waals surface area (Å²) in [5, 5.41) is 12.2. The fraction of sp³-hybridized carbons (Fsp3) is 0.292. The molecule has 0 spiro atoms. The number of hydrogen-bond donors (Lipinski definition) is 1. The van der Waals surface area contributed by atoms with Crippen LogP contribution in [0.4, 0.5) is 21.6 Å². The second-order valence-corrected chi connectivity index (χ2v) is 8.56. The molecule has 2 aromatic carbocycles. The zero-order chi connectivity index (χ0) is 22.3. The van der Waals surface area contributed by atoms with Crippen LogP contribution in [-0.2, 0) is 11.2 Å². The summed E-state index contributed by atoms with van der Waals surface area (Å²) in [7, 11) is 0. The van der Waals surface area contributed by atoms with Gasteiger partial charge in [0.2, 0.25) is 5.91 Å². The van der Waals surface area contributed by atoms with Crippen LogP contribution in [0.3, 0.4) is 0 Å². The monoisotopic (exact) mass is 451 g/mol. The molecule has 0 radical (unpaired) electrons. The van der Waals surface area contributed by atoms with Gasteiger partial charge >= 0.3 is 0 Å². The van der Waals surface area contributed by atoms with Crippen LogP contribution in [0.2, 0.25) is 0 Å². The van der Waals surface area contributed by atoms with Crippen molar-refractivity contribution in [1.29, 1.82) is 0 Å². The van der Waals surface area contributed by atoms with Gasteiger partial charge in [0.05, 0.1) is 5.75 Å². The number of anilines is 3. The normalized spacial score (nSPS) is 13.8. The van der Waals surface area contributed by atoms with Crippen LogP contribution >= 0.6 is 11.8 Å². The Balaban J connectivity index is 1.24. The van der Waals surface area contributed by atoms with Crippen LogP contribution in [-0.4, -0.2) is 48.0 Å². The van der Waals surface area contributed by atoms with E-state index in [2.05, 4.69) is 32.2 Å². The number of rotatable bonds is 7. The summed E-state index contributed by atoms with van der Waals surface area (Å²) in [6, 6.07) is 18.3. The van der Waals surface area contributed by atoms with E-state index in [0.29, 0.717) is 0 Å². The van der Waals surface area contributed by atoms with E-state index in [-0.39, 0.29) is 17.5 Å². The number of nitrogens with zero attached hydrogens (tertiary/aromatic N) is 4. The predicted molar refractivity (Wildman–Crippen MR) is 128 cm³/mol. The number of nitrogens with one attached hydrogen (secondary N) is 1. The zero-order valence-corrected chi connectivity index (χ0v) is 18.8. The predicted octanol–water partition coefficient (Wildman–Crippen LogP) is 4.24.